The Balaban J connectivity index is 3.52. The fraction of sp³-hybridized carbons (Fsp3) is 1.00. The van der Waals surface area contributed by atoms with E-state index in [1.165, 1.54) is 0 Å². The first kappa shape index (κ1) is 25.9. The van der Waals surface area contributed by atoms with Crippen molar-refractivity contribution < 1.29 is 75.0 Å². The molecule has 1 fully saturated rings. The molecule has 1 aliphatic rings. The van der Waals surface area contributed by atoms with E-state index >= 15 is 0 Å². The minimum absolute atomic E-state index is 0.625. The lowest BCUT2D eigenvalue weighted by molar-refractivity contribution is -0.451. The van der Waals surface area contributed by atoms with Crippen LogP contribution < -0.4 is 0 Å². The highest BCUT2D eigenvalue weighted by Gasteiger charge is 2.93. The first-order valence-corrected chi connectivity index (χ1v) is 6.97. The topological polar surface area (TPSA) is 12.5 Å². The second kappa shape index (κ2) is 6.42. The van der Waals surface area contributed by atoms with Crippen LogP contribution in [-0.2, 0) is 4.74 Å². The van der Waals surface area contributed by atoms with Gasteiger partial charge in [-0.05, 0) is 6.92 Å². The molecule has 0 aliphatic carbocycles. The third kappa shape index (κ3) is 3.40. The first-order chi connectivity index (χ1) is 12.3. The van der Waals surface area contributed by atoms with E-state index in [1.807, 2.05) is 0 Å². The van der Waals surface area contributed by atoms with Crippen molar-refractivity contribution in [2.45, 2.75) is 66.8 Å². The number of hydrogen-bond acceptors (Lipinski definition) is 1. The van der Waals surface area contributed by atoms with Gasteiger partial charge in [-0.3, -0.25) is 0 Å². The first-order valence-electron chi connectivity index (χ1n) is 6.97. The van der Waals surface area contributed by atoms with Crippen LogP contribution in [0.5, 0.6) is 0 Å². The van der Waals surface area contributed by atoms with Crippen molar-refractivity contribution in [3.63, 3.8) is 0 Å². The van der Waals surface area contributed by atoms with Crippen molar-refractivity contribution in [1.29, 1.82) is 0 Å². The minimum Gasteiger partial charge on any atom is -0.373 e. The maximum Gasteiger partial charge on any atom is 0.460 e. The van der Waals surface area contributed by atoms with Gasteiger partial charge in [0.25, 0.3) is 5.92 Å². The maximum atomic E-state index is 14.0. The van der Waals surface area contributed by atoms with Crippen molar-refractivity contribution in [3.05, 3.63) is 0 Å². The third-order valence-corrected chi connectivity index (χ3v) is 4.10. The molecule has 1 aliphatic heterocycles. The van der Waals surface area contributed by atoms with Crippen molar-refractivity contribution in [2.75, 3.05) is 6.61 Å². The predicted molar refractivity (Wildman–Crippen MR) is 59.6 cm³/mol. The summed E-state index contributed by atoms with van der Waals surface area (Å²) in [6.07, 6.45) is -11.5. The highest BCUT2D eigenvalue weighted by atomic mass is 19.4. The Kier molecular flexibility index (Phi) is 5.73. The van der Waals surface area contributed by atoms with E-state index in [9.17, 15) is 70.2 Å². The number of halogens is 16. The molecule has 1 rings (SSSR count). The molecule has 0 N–H and O–H groups in total. The van der Waals surface area contributed by atoms with E-state index in [2.05, 4.69) is 4.74 Å². The molecule has 174 valence electrons. The minimum atomic E-state index is -8.35. The van der Waals surface area contributed by atoms with Gasteiger partial charge in [0.1, 0.15) is 0 Å². The van der Waals surface area contributed by atoms with Gasteiger partial charge in [0.15, 0.2) is 0 Å². The van der Waals surface area contributed by atoms with Gasteiger partial charge >= 0.3 is 35.8 Å². The highest BCUT2D eigenvalue weighted by Crippen LogP contribution is 2.63. The van der Waals surface area contributed by atoms with Gasteiger partial charge in [0.2, 0.25) is 5.67 Å². The Bertz CT molecular complexity index is 614. The number of ether oxygens (including phenoxy) is 1. The Hall–Kier alpha value is -1.16. The third-order valence-electron chi connectivity index (χ3n) is 4.10. The van der Waals surface area contributed by atoms with Gasteiger partial charge in [-0.2, -0.15) is 57.1 Å². The normalized spacial score (nSPS) is 22.4. The zero-order valence-electron chi connectivity index (χ0n) is 13.4. The molecule has 1 nitrogen and oxygen atoms in total. The largest absolute Gasteiger partial charge is 0.460 e. The van der Waals surface area contributed by atoms with Crippen molar-refractivity contribution in [2.24, 2.45) is 0 Å². The summed E-state index contributed by atoms with van der Waals surface area (Å²) in [7, 11) is 0. The molecule has 29 heavy (non-hydrogen) atoms. The molecule has 2 unspecified atom stereocenters. The summed E-state index contributed by atoms with van der Waals surface area (Å²) >= 11 is 0. The number of rotatable bonds is 8. The van der Waals surface area contributed by atoms with Gasteiger partial charge in [0.05, 0.1) is 12.7 Å². The van der Waals surface area contributed by atoms with Crippen LogP contribution in [0.15, 0.2) is 0 Å². The molecule has 0 saturated carbocycles. The molecule has 0 spiro atoms. The fourth-order valence-corrected chi connectivity index (χ4v) is 1.96. The lowest BCUT2D eigenvalue weighted by atomic mass is 9.81. The van der Waals surface area contributed by atoms with Crippen molar-refractivity contribution in [1.82, 2.24) is 0 Å². The summed E-state index contributed by atoms with van der Waals surface area (Å²) in [5, 5.41) is 0. The van der Waals surface area contributed by atoms with E-state index in [0.29, 0.717) is 0 Å². The smallest absolute Gasteiger partial charge is 0.373 e. The van der Waals surface area contributed by atoms with E-state index in [4.69, 9.17) is 0 Å². The summed E-state index contributed by atoms with van der Waals surface area (Å²) in [5.74, 6) is -46.1. The summed E-state index contributed by atoms with van der Waals surface area (Å²) in [4.78, 5) is 0. The molecular weight excluding hydrogens is 464 g/mol. The number of alkyl halides is 16. The van der Waals surface area contributed by atoms with Gasteiger partial charge in [-0.15, -0.1) is 0 Å². The Labute approximate surface area is 150 Å². The van der Waals surface area contributed by atoms with Crippen LogP contribution >= 0.6 is 0 Å². The maximum absolute atomic E-state index is 14.0. The number of hydrogen-bond donors (Lipinski definition) is 0. The van der Waals surface area contributed by atoms with E-state index < -0.39 is 73.4 Å². The van der Waals surface area contributed by atoms with Crippen LogP contribution in [0.25, 0.3) is 0 Å². The Morgan fingerprint density at radius 2 is 0.897 bits per heavy atom. The molecule has 0 aromatic heterocycles. The summed E-state index contributed by atoms with van der Waals surface area (Å²) in [6, 6.07) is 0. The van der Waals surface area contributed by atoms with E-state index in [1.54, 1.807) is 0 Å². The average Bonchev–Trinajstić information content (AvgIpc) is 3.27. The molecule has 0 amide bonds. The standard InChI is InChI=1S/C12H8F16O/c1-5(13,6(14,15)2-4-3-29-4)7(16,17)8(18,19)9(20,21)10(22,23)11(24,25)12(26,27)28/h4H,2-3H2,1H3. The molecular formula is C12H8F16O. The van der Waals surface area contributed by atoms with Gasteiger partial charge in [-0.25, -0.2) is 13.2 Å². The highest BCUT2D eigenvalue weighted by molar-refractivity contribution is 5.16. The molecule has 0 aromatic carbocycles. The molecule has 0 aromatic rings. The monoisotopic (exact) mass is 472 g/mol. The Morgan fingerprint density at radius 3 is 1.21 bits per heavy atom. The molecule has 1 heterocycles. The lowest BCUT2D eigenvalue weighted by Gasteiger charge is -2.44. The molecule has 0 bridgehead atoms. The second-order valence-corrected chi connectivity index (χ2v) is 6.24. The lowest BCUT2D eigenvalue weighted by Crippen LogP contribution is -2.74. The van der Waals surface area contributed by atoms with Crippen LogP contribution in [0, 0.1) is 0 Å². The SMILES string of the molecule is CC(F)(C(F)(F)CC1CO1)C(F)(F)C(F)(F)C(F)(F)C(F)(F)C(F)(F)C(F)(F)F. The summed E-state index contributed by atoms with van der Waals surface area (Å²) < 4.78 is 213. The predicted octanol–water partition coefficient (Wildman–Crippen LogP) is 5.88. The second-order valence-electron chi connectivity index (χ2n) is 6.24. The van der Waals surface area contributed by atoms with Gasteiger partial charge in [0, 0.05) is 6.42 Å². The van der Waals surface area contributed by atoms with E-state index in [0.717, 1.165) is 0 Å². The molecule has 0 radical (unpaired) electrons. The molecule has 17 heteroatoms. The Morgan fingerprint density at radius 1 is 0.586 bits per heavy atom. The van der Waals surface area contributed by atoms with Crippen LogP contribution in [-0.4, -0.2) is 60.1 Å². The van der Waals surface area contributed by atoms with E-state index in [-0.39, 0.29) is 0 Å². The van der Waals surface area contributed by atoms with Crippen LogP contribution in [0.2, 0.25) is 0 Å². The van der Waals surface area contributed by atoms with Gasteiger partial charge < -0.3 is 4.74 Å². The van der Waals surface area contributed by atoms with Gasteiger partial charge in [-0.1, -0.05) is 0 Å². The fourth-order valence-electron chi connectivity index (χ4n) is 1.96. The average molecular weight is 472 g/mol. The zero-order valence-corrected chi connectivity index (χ0v) is 13.4. The summed E-state index contributed by atoms with van der Waals surface area (Å²) in [5.41, 5.74) is -6.11. The van der Waals surface area contributed by atoms with Crippen LogP contribution in [0.4, 0.5) is 70.2 Å². The number of epoxide rings is 1. The molecule has 1 saturated heterocycles. The zero-order chi connectivity index (χ0) is 23.7. The molecule has 2 atom stereocenters. The van der Waals surface area contributed by atoms with Crippen LogP contribution in [0.3, 0.4) is 0 Å². The van der Waals surface area contributed by atoms with Crippen molar-refractivity contribution >= 4 is 0 Å². The van der Waals surface area contributed by atoms with Crippen molar-refractivity contribution in [3.8, 4) is 0 Å². The van der Waals surface area contributed by atoms with Crippen LogP contribution in [0.1, 0.15) is 13.3 Å². The summed E-state index contributed by atoms with van der Waals surface area (Å²) in [6.45, 7) is -1.75. The quantitative estimate of drug-likeness (QED) is 0.318.